The number of benzene rings is 1. The molecule has 1 aliphatic heterocycles. The Morgan fingerprint density at radius 3 is 2.73 bits per heavy atom. The van der Waals surface area contributed by atoms with Gasteiger partial charge in [0.15, 0.2) is 5.65 Å². The fourth-order valence-electron chi connectivity index (χ4n) is 5.41. The first-order chi connectivity index (χ1) is 19.8. The molecule has 0 spiro atoms. The SMILES string of the molecule is CN(Cc1ccccc1)c1cc(-c2cn([C@@H]3CC3(F)F)c3ncccc23)nc2c(C(=O)N[C@H]3COC[C@H]3O)cnn12. The molecule has 41 heavy (non-hydrogen) atoms. The molecule has 5 aromatic rings. The van der Waals surface area contributed by atoms with E-state index in [-0.39, 0.29) is 25.2 Å². The Morgan fingerprint density at radius 2 is 2.00 bits per heavy atom. The first-order valence-corrected chi connectivity index (χ1v) is 13.3. The number of aliphatic hydroxyl groups is 1. The fourth-order valence-corrected chi connectivity index (χ4v) is 5.41. The van der Waals surface area contributed by atoms with Crippen LogP contribution in [0.2, 0.25) is 0 Å². The van der Waals surface area contributed by atoms with Crippen LogP contribution in [0.1, 0.15) is 28.4 Å². The van der Waals surface area contributed by atoms with E-state index in [4.69, 9.17) is 9.72 Å². The van der Waals surface area contributed by atoms with Crippen molar-refractivity contribution >= 4 is 28.4 Å². The number of rotatable bonds is 7. The van der Waals surface area contributed by atoms with Crippen molar-refractivity contribution in [2.45, 2.75) is 37.1 Å². The second kappa shape index (κ2) is 9.60. The van der Waals surface area contributed by atoms with Crippen LogP contribution in [0.15, 0.2) is 67.1 Å². The monoisotopic (exact) mass is 559 g/mol. The number of carbonyl (C=O) groups excluding carboxylic acids is 1. The predicted octanol–water partition coefficient (Wildman–Crippen LogP) is 3.45. The maximum atomic E-state index is 14.1. The molecule has 2 N–H and O–H groups in total. The van der Waals surface area contributed by atoms with E-state index in [1.54, 1.807) is 23.0 Å². The van der Waals surface area contributed by atoms with Gasteiger partial charge in [-0.3, -0.25) is 4.79 Å². The zero-order valence-electron chi connectivity index (χ0n) is 22.1. The molecular weight excluding hydrogens is 532 g/mol. The molecule has 1 saturated heterocycles. The predicted molar refractivity (Wildman–Crippen MR) is 147 cm³/mol. The van der Waals surface area contributed by atoms with Crippen LogP contribution in [0, 0.1) is 0 Å². The van der Waals surface area contributed by atoms with Crippen LogP contribution in [-0.2, 0) is 11.3 Å². The van der Waals surface area contributed by atoms with E-state index in [0.717, 1.165) is 5.56 Å². The molecule has 210 valence electrons. The molecular formula is C29H27F2N7O3. The van der Waals surface area contributed by atoms with Crippen molar-refractivity contribution in [3.05, 3.63) is 78.2 Å². The lowest BCUT2D eigenvalue weighted by atomic mass is 10.1. The topological polar surface area (TPSA) is 110 Å². The number of nitrogens with zero attached hydrogens (tertiary/aromatic N) is 6. The van der Waals surface area contributed by atoms with Gasteiger partial charge in [0.2, 0.25) is 0 Å². The summed E-state index contributed by atoms with van der Waals surface area (Å²) in [5.41, 5.74) is 3.15. The van der Waals surface area contributed by atoms with Gasteiger partial charge in [-0.1, -0.05) is 30.3 Å². The maximum absolute atomic E-state index is 14.1. The number of halogens is 2. The zero-order valence-corrected chi connectivity index (χ0v) is 22.1. The second-order valence-electron chi connectivity index (χ2n) is 10.6. The van der Waals surface area contributed by atoms with Gasteiger partial charge in [0.05, 0.1) is 37.3 Å². The number of carbonyl (C=O) groups is 1. The number of alkyl halides is 2. The summed E-state index contributed by atoms with van der Waals surface area (Å²) < 4.78 is 36.7. The molecule has 4 aromatic heterocycles. The third kappa shape index (κ3) is 4.49. The van der Waals surface area contributed by atoms with Gasteiger partial charge in [0, 0.05) is 49.4 Å². The normalized spacial score (nSPS) is 21.4. The smallest absolute Gasteiger partial charge is 0.270 e. The molecule has 1 aliphatic carbocycles. The van der Waals surface area contributed by atoms with Gasteiger partial charge in [-0.05, 0) is 17.7 Å². The number of fused-ring (bicyclic) bond motifs is 2. The van der Waals surface area contributed by atoms with E-state index in [2.05, 4.69) is 15.4 Å². The highest BCUT2D eigenvalue weighted by Crippen LogP contribution is 2.54. The molecule has 7 rings (SSSR count). The quantitative estimate of drug-likeness (QED) is 0.314. The molecule has 1 amide bonds. The summed E-state index contributed by atoms with van der Waals surface area (Å²) in [5, 5.41) is 18.1. The molecule has 3 atom stereocenters. The lowest BCUT2D eigenvalue weighted by Gasteiger charge is -2.21. The number of hydrogen-bond acceptors (Lipinski definition) is 7. The van der Waals surface area contributed by atoms with E-state index in [0.29, 0.717) is 40.3 Å². The Bertz CT molecular complexity index is 1770. The molecule has 0 radical (unpaired) electrons. The number of hydrogen-bond donors (Lipinski definition) is 2. The number of pyridine rings is 1. The summed E-state index contributed by atoms with van der Waals surface area (Å²) in [6.07, 6.45) is 3.65. The largest absolute Gasteiger partial charge is 0.388 e. The third-order valence-electron chi connectivity index (χ3n) is 7.71. The van der Waals surface area contributed by atoms with Crippen LogP contribution in [0.5, 0.6) is 0 Å². The van der Waals surface area contributed by atoms with Crippen molar-refractivity contribution in [2.75, 3.05) is 25.2 Å². The van der Waals surface area contributed by atoms with Crippen molar-refractivity contribution in [3.8, 4) is 11.3 Å². The molecule has 2 fully saturated rings. The van der Waals surface area contributed by atoms with Crippen LogP contribution >= 0.6 is 0 Å². The molecule has 12 heteroatoms. The minimum absolute atomic E-state index is 0.147. The highest BCUT2D eigenvalue weighted by atomic mass is 19.3. The van der Waals surface area contributed by atoms with Gasteiger partial charge in [-0.25, -0.2) is 18.7 Å². The van der Waals surface area contributed by atoms with Gasteiger partial charge < -0.3 is 24.6 Å². The molecule has 2 aliphatic rings. The zero-order chi connectivity index (χ0) is 28.3. The molecule has 1 aromatic carbocycles. The third-order valence-corrected chi connectivity index (χ3v) is 7.71. The van der Waals surface area contributed by atoms with E-state index < -0.39 is 30.0 Å². The highest BCUT2D eigenvalue weighted by Gasteiger charge is 2.58. The van der Waals surface area contributed by atoms with Crippen molar-refractivity contribution < 1.29 is 23.4 Å². The van der Waals surface area contributed by atoms with Crippen LogP contribution in [0.3, 0.4) is 0 Å². The lowest BCUT2D eigenvalue weighted by Crippen LogP contribution is -2.42. The van der Waals surface area contributed by atoms with Crippen molar-refractivity contribution in [1.29, 1.82) is 0 Å². The average molecular weight is 560 g/mol. The van der Waals surface area contributed by atoms with Gasteiger partial charge in [0.1, 0.15) is 23.1 Å². The Morgan fingerprint density at radius 1 is 1.20 bits per heavy atom. The van der Waals surface area contributed by atoms with E-state index in [9.17, 15) is 18.7 Å². The lowest BCUT2D eigenvalue weighted by molar-refractivity contribution is 0.0887. The van der Waals surface area contributed by atoms with Gasteiger partial charge in [-0.2, -0.15) is 9.61 Å². The van der Waals surface area contributed by atoms with E-state index in [1.807, 2.05) is 54.4 Å². The number of amides is 1. The van der Waals surface area contributed by atoms with E-state index >= 15 is 0 Å². The summed E-state index contributed by atoms with van der Waals surface area (Å²) in [6, 6.07) is 13.8. The molecule has 0 bridgehead atoms. The minimum atomic E-state index is -2.79. The van der Waals surface area contributed by atoms with Crippen LogP contribution < -0.4 is 10.2 Å². The number of anilines is 1. The summed E-state index contributed by atoms with van der Waals surface area (Å²) in [7, 11) is 1.91. The van der Waals surface area contributed by atoms with Crippen LogP contribution in [-0.4, -0.2) is 73.5 Å². The fraction of sp³-hybridized carbons (Fsp3) is 0.310. The number of nitrogens with one attached hydrogen (secondary N) is 1. The van der Waals surface area contributed by atoms with Crippen molar-refractivity contribution in [2.24, 2.45) is 0 Å². The summed E-state index contributed by atoms with van der Waals surface area (Å²) in [4.78, 5) is 24.6. The van der Waals surface area contributed by atoms with Crippen LogP contribution in [0.4, 0.5) is 14.6 Å². The number of aliphatic hydroxyl groups excluding tert-OH is 1. The van der Waals surface area contributed by atoms with Crippen LogP contribution in [0.25, 0.3) is 27.9 Å². The Kier molecular flexibility index (Phi) is 5.98. The van der Waals surface area contributed by atoms with Crippen molar-refractivity contribution in [1.82, 2.24) is 29.5 Å². The standard InChI is InChI=1S/C29H27F2N7O3/c1-36(13-17-6-3-2-4-7-17)25-10-21(20-14-37(24-11-29(24,30)31)26-18(20)8-5-9-32-26)34-27-19(12-33-38(25)27)28(40)35-22-15-41-16-23(22)39/h2-10,12,14,22-24,39H,11,13,15-16H2,1H3,(H,35,40)/t22-,23+,24+/m0/s1. The van der Waals surface area contributed by atoms with Gasteiger partial charge in [-0.15, -0.1) is 0 Å². The maximum Gasteiger partial charge on any atom is 0.270 e. The first kappa shape index (κ1) is 25.5. The molecule has 0 unspecified atom stereocenters. The van der Waals surface area contributed by atoms with Crippen molar-refractivity contribution in [3.63, 3.8) is 0 Å². The van der Waals surface area contributed by atoms with Gasteiger partial charge >= 0.3 is 0 Å². The highest BCUT2D eigenvalue weighted by molar-refractivity contribution is 6.01. The Labute approximate surface area is 233 Å². The second-order valence-corrected chi connectivity index (χ2v) is 10.6. The average Bonchev–Trinajstić information content (AvgIpc) is 3.36. The Balaban J connectivity index is 1.37. The molecule has 10 nitrogen and oxygen atoms in total. The van der Waals surface area contributed by atoms with E-state index in [1.165, 1.54) is 10.8 Å². The number of aromatic nitrogens is 5. The molecule has 5 heterocycles. The minimum Gasteiger partial charge on any atom is -0.388 e. The molecule has 1 saturated carbocycles. The first-order valence-electron chi connectivity index (χ1n) is 13.3. The Hall–Kier alpha value is -4.42. The van der Waals surface area contributed by atoms with Gasteiger partial charge in [0.25, 0.3) is 11.8 Å². The number of ether oxygens (including phenoxy) is 1. The summed E-state index contributed by atoms with van der Waals surface area (Å²) in [6.45, 7) is 0.896. The summed E-state index contributed by atoms with van der Waals surface area (Å²) in [5.74, 6) is -2.58. The summed E-state index contributed by atoms with van der Waals surface area (Å²) >= 11 is 0.